The molecular weight excluding hydrogens is 204 g/mol. The van der Waals surface area contributed by atoms with Crippen molar-refractivity contribution < 1.29 is 14.6 Å². The lowest BCUT2D eigenvalue weighted by atomic mass is 9.94. The van der Waals surface area contributed by atoms with Gasteiger partial charge >= 0.3 is 5.97 Å². The molecule has 1 N–H and O–H groups in total. The van der Waals surface area contributed by atoms with E-state index in [0.29, 0.717) is 12.3 Å². The van der Waals surface area contributed by atoms with Gasteiger partial charge in [0.25, 0.3) is 0 Å². The van der Waals surface area contributed by atoms with Gasteiger partial charge in [-0.3, -0.25) is 0 Å². The first kappa shape index (κ1) is 15.2. The summed E-state index contributed by atoms with van der Waals surface area (Å²) < 4.78 is 4.70. The van der Waals surface area contributed by atoms with E-state index < -0.39 is 12.3 Å². The van der Waals surface area contributed by atoms with E-state index in [1.54, 1.807) is 0 Å². The first-order valence-corrected chi connectivity index (χ1v) is 6.15. The summed E-state index contributed by atoms with van der Waals surface area (Å²) >= 11 is 0. The summed E-state index contributed by atoms with van der Waals surface area (Å²) in [5.41, 5.74) is 0. The largest absolute Gasteiger partial charge is 0.433 e. The minimum Gasteiger partial charge on any atom is -0.433 e. The topological polar surface area (TPSA) is 46.5 Å². The fraction of sp³-hybridized carbons (Fsp3) is 0.769. The molecule has 0 rings (SSSR count). The molecule has 0 radical (unpaired) electrons. The number of esters is 1. The zero-order valence-electron chi connectivity index (χ0n) is 10.4. The SMILES string of the molecule is C=CC(=O)OC(O)CCC(CC)CCCC. The van der Waals surface area contributed by atoms with E-state index in [4.69, 9.17) is 4.74 Å². The number of rotatable bonds is 9. The number of aliphatic hydroxyl groups is 1. The molecule has 0 saturated heterocycles. The number of carbonyl (C=O) groups excluding carboxylic acids is 1. The third kappa shape index (κ3) is 7.46. The predicted octanol–water partition coefficient (Wildman–Crippen LogP) is 3.03. The monoisotopic (exact) mass is 228 g/mol. The van der Waals surface area contributed by atoms with Gasteiger partial charge in [0.2, 0.25) is 6.29 Å². The third-order valence-corrected chi connectivity index (χ3v) is 2.78. The number of carbonyl (C=O) groups is 1. The second kappa shape index (κ2) is 9.40. The van der Waals surface area contributed by atoms with Gasteiger partial charge in [0.05, 0.1) is 0 Å². The predicted molar refractivity (Wildman–Crippen MR) is 64.8 cm³/mol. The summed E-state index contributed by atoms with van der Waals surface area (Å²) in [6.07, 6.45) is 6.23. The van der Waals surface area contributed by atoms with Crippen LogP contribution >= 0.6 is 0 Å². The highest BCUT2D eigenvalue weighted by atomic mass is 16.6. The minimum atomic E-state index is -0.985. The lowest BCUT2D eigenvalue weighted by Crippen LogP contribution is -2.17. The Morgan fingerprint density at radius 3 is 2.56 bits per heavy atom. The zero-order valence-corrected chi connectivity index (χ0v) is 10.4. The molecule has 16 heavy (non-hydrogen) atoms. The Morgan fingerprint density at radius 2 is 2.06 bits per heavy atom. The van der Waals surface area contributed by atoms with Crippen molar-refractivity contribution in [1.29, 1.82) is 0 Å². The highest BCUT2D eigenvalue weighted by molar-refractivity contribution is 5.81. The highest BCUT2D eigenvalue weighted by Crippen LogP contribution is 2.19. The van der Waals surface area contributed by atoms with E-state index in [0.717, 1.165) is 18.9 Å². The van der Waals surface area contributed by atoms with Crippen LogP contribution in [0.5, 0.6) is 0 Å². The van der Waals surface area contributed by atoms with Gasteiger partial charge in [-0.25, -0.2) is 4.79 Å². The molecule has 3 nitrogen and oxygen atoms in total. The van der Waals surface area contributed by atoms with Crippen molar-refractivity contribution in [2.24, 2.45) is 5.92 Å². The molecule has 2 unspecified atom stereocenters. The van der Waals surface area contributed by atoms with Crippen LogP contribution in [0.3, 0.4) is 0 Å². The maximum Gasteiger partial charge on any atom is 0.332 e. The van der Waals surface area contributed by atoms with Gasteiger partial charge in [-0.2, -0.15) is 0 Å². The Morgan fingerprint density at radius 1 is 1.38 bits per heavy atom. The Kier molecular flexibility index (Phi) is 8.91. The fourth-order valence-corrected chi connectivity index (χ4v) is 1.66. The summed E-state index contributed by atoms with van der Waals surface area (Å²) in [5, 5.41) is 9.43. The first-order valence-electron chi connectivity index (χ1n) is 6.15. The molecule has 2 atom stereocenters. The van der Waals surface area contributed by atoms with E-state index >= 15 is 0 Å². The van der Waals surface area contributed by atoms with Crippen molar-refractivity contribution in [3.63, 3.8) is 0 Å². The first-order chi connectivity index (χ1) is 7.63. The van der Waals surface area contributed by atoms with Crippen molar-refractivity contribution >= 4 is 5.97 Å². The number of hydrogen-bond donors (Lipinski definition) is 1. The van der Waals surface area contributed by atoms with Crippen molar-refractivity contribution in [2.45, 2.75) is 58.7 Å². The second-order valence-electron chi connectivity index (χ2n) is 4.09. The van der Waals surface area contributed by atoms with Crippen LogP contribution in [0.15, 0.2) is 12.7 Å². The maximum absolute atomic E-state index is 10.8. The van der Waals surface area contributed by atoms with Crippen LogP contribution in [0.25, 0.3) is 0 Å². The second-order valence-corrected chi connectivity index (χ2v) is 4.09. The Hall–Kier alpha value is -0.830. The lowest BCUT2D eigenvalue weighted by Gasteiger charge is -2.16. The third-order valence-electron chi connectivity index (χ3n) is 2.78. The van der Waals surface area contributed by atoms with Crippen LogP contribution in [0, 0.1) is 5.92 Å². The molecule has 3 heteroatoms. The van der Waals surface area contributed by atoms with E-state index in [-0.39, 0.29) is 0 Å². The van der Waals surface area contributed by atoms with Crippen molar-refractivity contribution in [3.8, 4) is 0 Å². The number of unbranched alkanes of at least 4 members (excludes halogenated alkanes) is 1. The molecule has 0 aromatic rings. The molecular formula is C13H24O3. The molecule has 0 aliphatic carbocycles. The standard InChI is InChI=1S/C13H24O3/c1-4-7-8-11(5-2)9-10-13(15)16-12(14)6-3/h6,11,13,15H,3-5,7-10H2,1-2H3. The number of ether oxygens (including phenoxy) is 1. The molecule has 0 saturated carbocycles. The Balaban J connectivity index is 3.73. The number of aliphatic hydroxyl groups excluding tert-OH is 1. The molecule has 0 spiro atoms. The number of hydrogen-bond acceptors (Lipinski definition) is 3. The molecule has 0 bridgehead atoms. The van der Waals surface area contributed by atoms with E-state index in [9.17, 15) is 9.90 Å². The van der Waals surface area contributed by atoms with Gasteiger partial charge in [-0.1, -0.05) is 46.1 Å². The van der Waals surface area contributed by atoms with Gasteiger partial charge in [-0.05, 0) is 12.3 Å². The van der Waals surface area contributed by atoms with E-state index in [2.05, 4.69) is 20.4 Å². The van der Waals surface area contributed by atoms with Crippen LogP contribution in [0.1, 0.15) is 52.4 Å². The van der Waals surface area contributed by atoms with Crippen molar-refractivity contribution in [1.82, 2.24) is 0 Å². The van der Waals surface area contributed by atoms with Crippen LogP contribution in [-0.4, -0.2) is 17.4 Å². The van der Waals surface area contributed by atoms with Crippen molar-refractivity contribution in [3.05, 3.63) is 12.7 Å². The van der Waals surface area contributed by atoms with Gasteiger partial charge < -0.3 is 9.84 Å². The van der Waals surface area contributed by atoms with Crippen LogP contribution < -0.4 is 0 Å². The van der Waals surface area contributed by atoms with Crippen LogP contribution in [0.2, 0.25) is 0 Å². The van der Waals surface area contributed by atoms with Crippen LogP contribution in [-0.2, 0) is 9.53 Å². The Labute approximate surface area is 98.5 Å². The van der Waals surface area contributed by atoms with Gasteiger partial charge in [0.1, 0.15) is 0 Å². The summed E-state index contributed by atoms with van der Waals surface area (Å²) in [6, 6.07) is 0. The highest BCUT2D eigenvalue weighted by Gasteiger charge is 2.12. The molecule has 94 valence electrons. The lowest BCUT2D eigenvalue weighted by molar-refractivity contribution is -0.162. The summed E-state index contributed by atoms with van der Waals surface area (Å²) in [4.78, 5) is 10.8. The smallest absolute Gasteiger partial charge is 0.332 e. The van der Waals surface area contributed by atoms with Gasteiger partial charge in [-0.15, -0.1) is 0 Å². The molecule has 0 aliphatic heterocycles. The Bertz CT molecular complexity index is 201. The molecule has 0 amide bonds. The van der Waals surface area contributed by atoms with E-state index in [1.807, 2.05) is 0 Å². The average Bonchev–Trinajstić information content (AvgIpc) is 2.29. The normalized spacial score (nSPS) is 14.2. The van der Waals surface area contributed by atoms with Gasteiger partial charge in [0.15, 0.2) is 0 Å². The summed E-state index contributed by atoms with van der Waals surface area (Å²) in [5.74, 6) is 0.0612. The molecule has 0 aromatic carbocycles. The molecule has 0 aliphatic rings. The zero-order chi connectivity index (χ0) is 12.4. The fourth-order valence-electron chi connectivity index (χ4n) is 1.66. The molecule has 0 heterocycles. The molecule has 0 aromatic heterocycles. The summed E-state index contributed by atoms with van der Waals surface area (Å²) in [6.45, 7) is 7.61. The van der Waals surface area contributed by atoms with Gasteiger partial charge in [0, 0.05) is 12.5 Å². The maximum atomic E-state index is 10.8. The van der Waals surface area contributed by atoms with Crippen LogP contribution in [0.4, 0.5) is 0 Å². The van der Waals surface area contributed by atoms with Crippen molar-refractivity contribution in [2.75, 3.05) is 0 Å². The minimum absolute atomic E-state index is 0.516. The molecule has 0 fully saturated rings. The van der Waals surface area contributed by atoms with E-state index in [1.165, 1.54) is 19.3 Å². The quantitative estimate of drug-likeness (QED) is 0.375. The average molecular weight is 228 g/mol. The summed E-state index contributed by atoms with van der Waals surface area (Å²) in [7, 11) is 0.